The van der Waals surface area contributed by atoms with Crippen LogP contribution in [-0.2, 0) is 10.0 Å². The van der Waals surface area contributed by atoms with Crippen molar-refractivity contribution < 1.29 is 12.8 Å². The average molecular weight is 272 g/mol. The number of hydrogen-bond donors (Lipinski definition) is 2. The van der Waals surface area contributed by atoms with Crippen LogP contribution in [0.2, 0.25) is 0 Å². The Bertz CT molecular complexity index is 519. The van der Waals surface area contributed by atoms with Crippen LogP contribution >= 0.6 is 0 Å². The summed E-state index contributed by atoms with van der Waals surface area (Å²) in [6.07, 6.45) is 0.907. The fourth-order valence-corrected chi connectivity index (χ4v) is 3.50. The average Bonchev–Trinajstić information content (AvgIpc) is 2.32. The lowest BCUT2D eigenvalue weighted by Gasteiger charge is -2.29. The van der Waals surface area contributed by atoms with E-state index in [1.165, 1.54) is 18.2 Å². The van der Waals surface area contributed by atoms with Gasteiger partial charge in [-0.1, -0.05) is 19.1 Å². The largest absolute Gasteiger partial charge is 0.315 e. The van der Waals surface area contributed by atoms with Crippen molar-refractivity contribution in [1.29, 1.82) is 0 Å². The first-order chi connectivity index (χ1) is 8.50. The highest BCUT2D eigenvalue weighted by Gasteiger charge is 2.27. The van der Waals surface area contributed by atoms with E-state index in [1.54, 1.807) is 0 Å². The summed E-state index contributed by atoms with van der Waals surface area (Å²) in [6, 6.07) is 5.22. The Labute approximate surface area is 107 Å². The van der Waals surface area contributed by atoms with Crippen molar-refractivity contribution in [3.05, 3.63) is 30.1 Å². The minimum atomic E-state index is -3.79. The van der Waals surface area contributed by atoms with Crippen molar-refractivity contribution in [2.45, 2.75) is 24.3 Å². The first-order valence-corrected chi connectivity index (χ1v) is 7.46. The molecule has 0 saturated carbocycles. The lowest BCUT2D eigenvalue weighted by molar-refractivity contribution is 0.327. The van der Waals surface area contributed by atoms with Gasteiger partial charge in [0.05, 0.1) is 0 Å². The van der Waals surface area contributed by atoms with Crippen LogP contribution in [0, 0.1) is 11.7 Å². The Morgan fingerprint density at radius 3 is 2.78 bits per heavy atom. The zero-order valence-corrected chi connectivity index (χ0v) is 11.0. The molecule has 2 N–H and O–H groups in total. The number of rotatable bonds is 3. The summed E-state index contributed by atoms with van der Waals surface area (Å²) in [4.78, 5) is -0.289. The highest BCUT2D eigenvalue weighted by molar-refractivity contribution is 7.89. The second-order valence-electron chi connectivity index (χ2n) is 4.63. The fourth-order valence-electron chi connectivity index (χ4n) is 2.07. The Kier molecular flexibility index (Phi) is 3.99. The molecule has 4 nitrogen and oxygen atoms in total. The summed E-state index contributed by atoms with van der Waals surface area (Å²) in [5, 5.41) is 3.13. The van der Waals surface area contributed by atoms with E-state index < -0.39 is 15.8 Å². The van der Waals surface area contributed by atoms with Crippen molar-refractivity contribution in [3.63, 3.8) is 0 Å². The van der Waals surface area contributed by atoms with Gasteiger partial charge in [0, 0.05) is 12.6 Å². The summed E-state index contributed by atoms with van der Waals surface area (Å²) in [7, 11) is -3.79. The standard InChI is InChI=1S/C12H17FN2O2S/c1-9-6-7-14-8-11(9)15-18(16,17)12-5-3-2-4-10(12)13/h2-5,9,11,14-15H,6-8H2,1H3/t9-,11-/m0/s1. The van der Waals surface area contributed by atoms with Crippen LogP contribution in [0.1, 0.15) is 13.3 Å². The van der Waals surface area contributed by atoms with Crippen LogP contribution in [0.15, 0.2) is 29.2 Å². The van der Waals surface area contributed by atoms with E-state index in [9.17, 15) is 12.8 Å². The predicted octanol–water partition coefficient (Wildman–Crippen LogP) is 1.10. The summed E-state index contributed by atoms with van der Waals surface area (Å²) in [5.74, 6) is -0.478. The lowest BCUT2D eigenvalue weighted by Crippen LogP contribution is -2.50. The minimum absolute atomic E-state index is 0.191. The van der Waals surface area contributed by atoms with E-state index in [1.807, 2.05) is 6.92 Å². The molecule has 1 aromatic rings. The topological polar surface area (TPSA) is 58.2 Å². The molecule has 0 amide bonds. The van der Waals surface area contributed by atoms with Crippen LogP contribution in [0.25, 0.3) is 0 Å². The molecule has 100 valence electrons. The number of hydrogen-bond acceptors (Lipinski definition) is 3. The van der Waals surface area contributed by atoms with Gasteiger partial charge in [-0.3, -0.25) is 0 Å². The maximum atomic E-state index is 13.5. The number of piperidine rings is 1. The molecule has 0 bridgehead atoms. The van der Waals surface area contributed by atoms with Crippen molar-refractivity contribution in [3.8, 4) is 0 Å². The van der Waals surface area contributed by atoms with Crippen molar-refractivity contribution in [2.75, 3.05) is 13.1 Å². The van der Waals surface area contributed by atoms with Crippen LogP contribution in [0.3, 0.4) is 0 Å². The molecule has 2 atom stereocenters. The summed E-state index contributed by atoms with van der Waals surface area (Å²) in [5.41, 5.74) is 0. The van der Waals surface area contributed by atoms with E-state index in [2.05, 4.69) is 10.0 Å². The number of halogens is 1. The van der Waals surface area contributed by atoms with Gasteiger partial charge in [0.15, 0.2) is 0 Å². The second-order valence-corrected chi connectivity index (χ2v) is 6.31. The molecule has 0 unspecified atom stereocenters. The predicted molar refractivity (Wildman–Crippen MR) is 67.2 cm³/mol. The van der Waals surface area contributed by atoms with Gasteiger partial charge < -0.3 is 5.32 Å². The number of nitrogens with one attached hydrogen (secondary N) is 2. The zero-order valence-electron chi connectivity index (χ0n) is 10.2. The molecule has 1 aromatic carbocycles. The Hall–Kier alpha value is -0.980. The SMILES string of the molecule is C[C@H]1CCNC[C@@H]1NS(=O)(=O)c1ccccc1F. The first kappa shape index (κ1) is 13.5. The van der Waals surface area contributed by atoms with E-state index >= 15 is 0 Å². The Morgan fingerprint density at radius 2 is 2.11 bits per heavy atom. The maximum absolute atomic E-state index is 13.5. The van der Waals surface area contributed by atoms with E-state index in [4.69, 9.17) is 0 Å². The molecule has 0 spiro atoms. The third-order valence-electron chi connectivity index (χ3n) is 3.26. The van der Waals surface area contributed by atoms with Gasteiger partial charge in [-0.05, 0) is 31.0 Å². The van der Waals surface area contributed by atoms with Crippen molar-refractivity contribution in [1.82, 2.24) is 10.0 Å². The molecule has 1 aliphatic rings. The molecule has 1 heterocycles. The molecular formula is C12H17FN2O2S. The molecule has 2 rings (SSSR count). The molecule has 18 heavy (non-hydrogen) atoms. The van der Waals surface area contributed by atoms with Crippen molar-refractivity contribution >= 4 is 10.0 Å². The highest BCUT2D eigenvalue weighted by atomic mass is 32.2. The summed E-state index contributed by atoms with van der Waals surface area (Å²) >= 11 is 0. The van der Waals surface area contributed by atoms with E-state index in [0.717, 1.165) is 19.0 Å². The summed E-state index contributed by atoms with van der Waals surface area (Å²) in [6.45, 7) is 3.46. The number of benzene rings is 1. The minimum Gasteiger partial charge on any atom is -0.315 e. The zero-order chi connectivity index (χ0) is 13.2. The molecule has 6 heteroatoms. The molecule has 1 aliphatic heterocycles. The van der Waals surface area contributed by atoms with Gasteiger partial charge >= 0.3 is 0 Å². The first-order valence-electron chi connectivity index (χ1n) is 5.98. The van der Waals surface area contributed by atoms with Gasteiger partial charge in [-0.2, -0.15) is 0 Å². The number of sulfonamides is 1. The molecule has 0 aliphatic carbocycles. The van der Waals surface area contributed by atoms with Crippen molar-refractivity contribution in [2.24, 2.45) is 5.92 Å². The molecule has 1 saturated heterocycles. The maximum Gasteiger partial charge on any atom is 0.243 e. The van der Waals surface area contributed by atoms with Crippen LogP contribution < -0.4 is 10.0 Å². The highest BCUT2D eigenvalue weighted by Crippen LogP contribution is 2.17. The molecular weight excluding hydrogens is 255 g/mol. The fraction of sp³-hybridized carbons (Fsp3) is 0.500. The third kappa shape index (κ3) is 2.88. The second kappa shape index (κ2) is 5.34. The third-order valence-corrected chi connectivity index (χ3v) is 4.78. The van der Waals surface area contributed by atoms with E-state index in [0.29, 0.717) is 6.54 Å². The van der Waals surface area contributed by atoms with Gasteiger partial charge in [0.1, 0.15) is 10.7 Å². The van der Waals surface area contributed by atoms with Crippen LogP contribution in [0.5, 0.6) is 0 Å². The van der Waals surface area contributed by atoms with Gasteiger partial charge in [0.25, 0.3) is 0 Å². The molecule has 0 radical (unpaired) electrons. The van der Waals surface area contributed by atoms with Gasteiger partial charge in [0.2, 0.25) is 10.0 Å². The van der Waals surface area contributed by atoms with Crippen LogP contribution in [0.4, 0.5) is 4.39 Å². The Balaban J connectivity index is 2.19. The smallest absolute Gasteiger partial charge is 0.243 e. The van der Waals surface area contributed by atoms with Gasteiger partial charge in [-0.25, -0.2) is 17.5 Å². The van der Waals surface area contributed by atoms with Crippen LogP contribution in [-0.4, -0.2) is 27.5 Å². The summed E-state index contributed by atoms with van der Waals surface area (Å²) < 4.78 is 40.2. The monoisotopic (exact) mass is 272 g/mol. The molecule has 0 aromatic heterocycles. The van der Waals surface area contributed by atoms with Gasteiger partial charge in [-0.15, -0.1) is 0 Å². The lowest BCUT2D eigenvalue weighted by atomic mass is 9.96. The Morgan fingerprint density at radius 1 is 1.39 bits per heavy atom. The van der Waals surface area contributed by atoms with E-state index in [-0.39, 0.29) is 16.9 Å². The normalized spacial score (nSPS) is 25.0. The quantitative estimate of drug-likeness (QED) is 0.866. The molecule has 1 fully saturated rings.